The minimum Gasteiger partial charge on any atom is -0.549 e. The Kier molecular flexibility index (Phi) is 5.28. The Morgan fingerprint density at radius 1 is 1.33 bits per heavy atom. The average molecular weight is 333 g/mol. The van der Waals surface area contributed by atoms with Crippen molar-refractivity contribution in [1.82, 2.24) is 0 Å². The zero-order valence-corrected chi connectivity index (χ0v) is 13.2. The van der Waals surface area contributed by atoms with Crippen LogP contribution >= 0.6 is 0 Å². The molecule has 2 rings (SSSR count). The predicted molar refractivity (Wildman–Crippen MR) is 82.2 cm³/mol. The Bertz CT molecular complexity index is 700. The summed E-state index contributed by atoms with van der Waals surface area (Å²) in [5, 5.41) is 22.1. The highest BCUT2D eigenvalue weighted by Crippen LogP contribution is 2.33. The average Bonchev–Trinajstić information content (AvgIpc) is 2.51. The van der Waals surface area contributed by atoms with Gasteiger partial charge in [0.1, 0.15) is 5.78 Å². The van der Waals surface area contributed by atoms with Crippen LogP contribution in [-0.2, 0) is 20.8 Å². The van der Waals surface area contributed by atoms with Crippen LogP contribution in [0.2, 0.25) is 0 Å². The Labute approximate surface area is 138 Å². The summed E-state index contributed by atoms with van der Waals surface area (Å²) in [6.45, 7) is 1.73. The summed E-state index contributed by atoms with van der Waals surface area (Å²) in [6, 6.07) is 4.04. The van der Waals surface area contributed by atoms with Crippen LogP contribution in [0.4, 0.5) is 11.4 Å². The van der Waals surface area contributed by atoms with Crippen LogP contribution in [0, 0.1) is 16.0 Å². The molecule has 0 fully saturated rings. The number of fused-ring (bicyclic) bond motifs is 1. The van der Waals surface area contributed by atoms with Crippen molar-refractivity contribution in [2.75, 3.05) is 11.4 Å². The smallest absolute Gasteiger partial charge is 0.269 e. The predicted octanol–water partition coefficient (Wildman–Crippen LogP) is 0.609. The monoisotopic (exact) mass is 333 g/mol. The van der Waals surface area contributed by atoms with Crippen molar-refractivity contribution in [2.24, 2.45) is 5.92 Å². The third-order valence-corrected chi connectivity index (χ3v) is 4.00. The standard InChI is InChI=1S/C16H18N2O6/c1-10(19)4-2-3-7-17-14-6-5-12(18(23)24)8-11(14)9-13(15(17)20)16(21)22/h5-6,8,13H,2-4,7,9H2,1H3,(H,21,22)/p-1/t13-/m1/s1. The van der Waals surface area contributed by atoms with E-state index in [1.807, 2.05) is 0 Å². The number of carbonyl (C=O) groups is 3. The van der Waals surface area contributed by atoms with Crippen molar-refractivity contribution < 1.29 is 24.4 Å². The third-order valence-electron chi connectivity index (χ3n) is 4.00. The summed E-state index contributed by atoms with van der Waals surface area (Å²) < 4.78 is 0. The van der Waals surface area contributed by atoms with Gasteiger partial charge in [0.25, 0.3) is 5.69 Å². The number of carboxylic acids is 1. The van der Waals surface area contributed by atoms with Crippen molar-refractivity contribution in [1.29, 1.82) is 0 Å². The Balaban J connectivity index is 2.27. The quantitative estimate of drug-likeness (QED) is 0.312. The molecule has 128 valence electrons. The molecular formula is C16H17N2O6-. The van der Waals surface area contributed by atoms with Crippen molar-refractivity contribution in [3.05, 3.63) is 33.9 Å². The van der Waals surface area contributed by atoms with Crippen LogP contribution in [0.1, 0.15) is 31.7 Å². The minimum atomic E-state index is -1.49. The van der Waals surface area contributed by atoms with Gasteiger partial charge in [-0.25, -0.2) is 0 Å². The van der Waals surface area contributed by atoms with Gasteiger partial charge in [0.2, 0.25) is 5.91 Å². The number of hydrogen-bond acceptors (Lipinski definition) is 6. The highest BCUT2D eigenvalue weighted by Gasteiger charge is 2.34. The Hall–Kier alpha value is -2.77. The van der Waals surface area contributed by atoms with Gasteiger partial charge in [-0.1, -0.05) is 0 Å². The Morgan fingerprint density at radius 3 is 2.62 bits per heavy atom. The molecule has 0 N–H and O–H groups in total. The number of amides is 1. The molecule has 0 spiro atoms. The van der Waals surface area contributed by atoms with E-state index in [4.69, 9.17) is 0 Å². The van der Waals surface area contributed by atoms with Gasteiger partial charge in [-0.3, -0.25) is 14.9 Å². The molecule has 1 aliphatic heterocycles. The maximum atomic E-state index is 12.4. The van der Waals surface area contributed by atoms with E-state index >= 15 is 0 Å². The lowest BCUT2D eigenvalue weighted by Crippen LogP contribution is -2.49. The molecule has 1 heterocycles. The lowest BCUT2D eigenvalue weighted by molar-refractivity contribution is -0.384. The molecule has 1 aromatic rings. The van der Waals surface area contributed by atoms with Crippen molar-refractivity contribution in [2.45, 2.75) is 32.6 Å². The third kappa shape index (κ3) is 3.76. The highest BCUT2D eigenvalue weighted by atomic mass is 16.6. The molecule has 1 amide bonds. The van der Waals surface area contributed by atoms with Gasteiger partial charge in [-0.2, -0.15) is 0 Å². The molecule has 0 aliphatic carbocycles. The van der Waals surface area contributed by atoms with Gasteiger partial charge < -0.3 is 19.6 Å². The number of carboxylic acid groups (broad SMARTS) is 1. The van der Waals surface area contributed by atoms with Crippen LogP contribution in [0.3, 0.4) is 0 Å². The van der Waals surface area contributed by atoms with Crippen LogP contribution < -0.4 is 10.0 Å². The summed E-state index contributed by atoms with van der Waals surface area (Å²) in [5.41, 5.74) is 0.757. The van der Waals surface area contributed by atoms with Crippen LogP contribution in [-0.4, -0.2) is 29.1 Å². The first-order valence-electron chi connectivity index (χ1n) is 7.60. The zero-order chi connectivity index (χ0) is 17.9. The molecule has 8 nitrogen and oxygen atoms in total. The maximum absolute atomic E-state index is 12.4. The molecule has 0 aromatic heterocycles. The van der Waals surface area contributed by atoms with E-state index in [9.17, 15) is 29.6 Å². The number of unbranched alkanes of at least 4 members (excludes halogenated alkanes) is 1. The molecule has 0 bridgehead atoms. The molecule has 24 heavy (non-hydrogen) atoms. The zero-order valence-electron chi connectivity index (χ0n) is 13.2. The fourth-order valence-electron chi connectivity index (χ4n) is 2.79. The number of benzene rings is 1. The number of non-ortho nitro benzene ring substituents is 1. The van der Waals surface area contributed by atoms with Gasteiger partial charge in [0.05, 0.1) is 16.8 Å². The van der Waals surface area contributed by atoms with Crippen LogP contribution in [0.15, 0.2) is 18.2 Å². The second-order valence-corrected chi connectivity index (χ2v) is 5.79. The molecule has 0 radical (unpaired) electrons. The van der Waals surface area contributed by atoms with E-state index in [1.54, 1.807) is 0 Å². The molecular weight excluding hydrogens is 316 g/mol. The molecule has 1 aromatic carbocycles. The van der Waals surface area contributed by atoms with Crippen molar-refractivity contribution >= 4 is 29.0 Å². The number of Topliss-reactive ketones (excluding diaryl/α,β-unsaturated/α-hetero) is 1. The van der Waals surface area contributed by atoms with Gasteiger partial charge in [0.15, 0.2) is 0 Å². The number of carbonyl (C=O) groups excluding carboxylic acids is 3. The minimum absolute atomic E-state index is 0.0450. The topological polar surface area (TPSA) is 121 Å². The lowest BCUT2D eigenvalue weighted by atomic mass is 9.91. The van der Waals surface area contributed by atoms with Gasteiger partial charge in [0, 0.05) is 30.8 Å². The number of nitro benzene ring substituents is 1. The highest BCUT2D eigenvalue weighted by molar-refractivity contribution is 6.07. The Morgan fingerprint density at radius 2 is 2.04 bits per heavy atom. The first-order valence-corrected chi connectivity index (χ1v) is 7.60. The normalized spacial score (nSPS) is 16.6. The number of rotatable bonds is 7. The fourth-order valence-corrected chi connectivity index (χ4v) is 2.79. The summed E-state index contributed by atoms with van der Waals surface area (Å²) in [5.74, 6) is -3.39. The summed E-state index contributed by atoms with van der Waals surface area (Å²) >= 11 is 0. The lowest BCUT2D eigenvalue weighted by Gasteiger charge is -2.34. The maximum Gasteiger partial charge on any atom is 0.269 e. The number of hydrogen-bond donors (Lipinski definition) is 0. The van der Waals surface area contributed by atoms with E-state index in [0.29, 0.717) is 30.5 Å². The first kappa shape index (κ1) is 17.6. The first-order chi connectivity index (χ1) is 11.3. The number of nitro groups is 1. The second kappa shape index (κ2) is 7.20. The SMILES string of the molecule is CC(=O)CCCCN1C(=O)[C@H](C(=O)[O-])Cc2cc([N+](=O)[O-])ccc21. The molecule has 0 unspecified atom stereocenters. The molecule has 1 atom stereocenters. The number of anilines is 1. The summed E-state index contributed by atoms with van der Waals surface area (Å²) in [4.78, 5) is 46.2. The number of aliphatic carboxylic acids is 1. The van der Waals surface area contributed by atoms with E-state index in [2.05, 4.69) is 0 Å². The van der Waals surface area contributed by atoms with E-state index in [-0.39, 0.29) is 24.4 Å². The summed E-state index contributed by atoms with van der Waals surface area (Å²) in [6.07, 6.45) is 1.38. The number of nitrogens with zero attached hydrogens (tertiary/aromatic N) is 2. The fraction of sp³-hybridized carbons (Fsp3) is 0.438. The van der Waals surface area contributed by atoms with Crippen LogP contribution in [0.25, 0.3) is 0 Å². The van der Waals surface area contributed by atoms with Crippen molar-refractivity contribution in [3.8, 4) is 0 Å². The molecule has 8 heteroatoms. The van der Waals surface area contributed by atoms with Gasteiger partial charge in [-0.05, 0) is 37.8 Å². The molecule has 1 aliphatic rings. The molecule has 0 saturated heterocycles. The van der Waals surface area contributed by atoms with Crippen LogP contribution in [0.5, 0.6) is 0 Å². The summed E-state index contributed by atoms with van der Waals surface area (Å²) in [7, 11) is 0. The second-order valence-electron chi connectivity index (χ2n) is 5.79. The molecule has 0 saturated carbocycles. The van der Waals surface area contributed by atoms with Crippen molar-refractivity contribution in [3.63, 3.8) is 0 Å². The van der Waals surface area contributed by atoms with E-state index < -0.39 is 22.7 Å². The van der Waals surface area contributed by atoms with E-state index in [1.165, 1.54) is 30.0 Å². The number of ketones is 1. The largest absolute Gasteiger partial charge is 0.549 e. The van der Waals surface area contributed by atoms with E-state index in [0.717, 1.165) is 0 Å². The van der Waals surface area contributed by atoms with Gasteiger partial charge >= 0.3 is 0 Å². The van der Waals surface area contributed by atoms with Gasteiger partial charge in [-0.15, -0.1) is 0 Å².